The molecule has 0 saturated heterocycles. The fourth-order valence-electron chi connectivity index (χ4n) is 4.26. The molecular weight excluding hydrogens is 410 g/mol. The van der Waals surface area contributed by atoms with Crippen LogP contribution in [0.4, 0.5) is 5.69 Å². The van der Waals surface area contributed by atoms with Crippen molar-refractivity contribution in [2.45, 2.75) is 70.9 Å². The second-order valence-electron chi connectivity index (χ2n) is 9.22. The van der Waals surface area contributed by atoms with Crippen molar-refractivity contribution in [3.63, 3.8) is 0 Å². The van der Waals surface area contributed by atoms with E-state index >= 15 is 0 Å². The fraction of sp³-hybridized carbons (Fsp3) is 0.625. The van der Waals surface area contributed by atoms with Crippen LogP contribution in [0.5, 0.6) is 0 Å². The summed E-state index contributed by atoms with van der Waals surface area (Å²) in [5.41, 5.74) is 6.71. The Morgan fingerprint density at radius 3 is 2.31 bits per heavy atom. The van der Waals surface area contributed by atoms with Crippen LogP contribution in [0.1, 0.15) is 57.9 Å². The van der Waals surface area contributed by atoms with Crippen LogP contribution in [-0.4, -0.2) is 48.7 Å². The first-order chi connectivity index (χ1) is 15.2. The minimum Gasteiger partial charge on any atom is -0.480 e. The highest BCUT2D eigenvalue weighted by Crippen LogP contribution is 2.41. The van der Waals surface area contributed by atoms with Crippen LogP contribution in [0.25, 0.3) is 0 Å². The van der Waals surface area contributed by atoms with E-state index in [1.807, 2.05) is 13.8 Å². The highest BCUT2D eigenvalue weighted by molar-refractivity contribution is 5.94. The van der Waals surface area contributed by atoms with Gasteiger partial charge in [0.05, 0.1) is 11.5 Å². The zero-order valence-corrected chi connectivity index (χ0v) is 19.4. The van der Waals surface area contributed by atoms with Gasteiger partial charge in [-0.15, -0.1) is 0 Å². The van der Waals surface area contributed by atoms with E-state index in [0.717, 1.165) is 31.2 Å². The zero-order valence-electron chi connectivity index (χ0n) is 19.4. The number of rotatable bonds is 12. The quantitative estimate of drug-likeness (QED) is 0.390. The summed E-state index contributed by atoms with van der Waals surface area (Å²) in [4.78, 5) is 37.0. The number of hydrogen-bond donors (Lipinski definition) is 4. The number of nitrogens with one attached hydrogen (secondary N) is 2. The summed E-state index contributed by atoms with van der Waals surface area (Å²) in [6, 6.07) is 5.33. The predicted octanol–water partition coefficient (Wildman–Crippen LogP) is 2.71. The van der Waals surface area contributed by atoms with Crippen molar-refractivity contribution < 1.29 is 24.2 Å². The normalized spacial score (nSPS) is 17.0. The van der Waals surface area contributed by atoms with E-state index in [2.05, 4.69) is 10.6 Å². The number of amides is 2. The minimum absolute atomic E-state index is 0.155. The monoisotopic (exact) mass is 447 g/mol. The van der Waals surface area contributed by atoms with Gasteiger partial charge in [0.25, 0.3) is 0 Å². The smallest absolute Gasteiger partial charge is 0.326 e. The molecule has 32 heavy (non-hydrogen) atoms. The molecular formula is C24H37N3O5. The van der Waals surface area contributed by atoms with E-state index in [9.17, 15) is 19.5 Å². The van der Waals surface area contributed by atoms with Crippen LogP contribution in [-0.2, 0) is 25.5 Å². The van der Waals surface area contributed by atoms with Crippen LogP contribution < -0.4 is 16.4 Å². The van der Waals surface area contributed by atoms with Crippen molar-refractivity contribution >= 4 is 23.5 Å². The maximum absolute atomic E-state index is 13.0. The summed E-state index contributed by atoms with van der Waals surface area (Å²) in [5.74, 6) is -1.21. The van der Waals surface area contributed by atoms with Gasteiger partial charge in [0.1, 0.15) is 6.04 Å². The maximum Gasteiger partial charge on any atom is 0.326 e. The van der Waals surface area contributed by atoms with Gasteiger partial charge < -0.3 is 26.2 Å². The summed E-state index contributed by atoms with van der Waals surface area (Å²) in [7, 11) is 1.60. The predicted molar refractivity (Wildman–Crippen MR) is 123 cm³/mol. The Morgan fingerprint density at radius 2 is 1.78 bits per heavy atom. The Bertz CT molecular complexity index is 772. The Kier molecular flexibility index (Phi) is 9.65. The van der Waals surface area contributed by atoms with E-state index in [1.54, 1.807) is 31.4 Å². The van der Waals surface area contributed by atoms with Gasteiger partial charge in [0.2, 0.25) is 11.8 Å². The lowest BCUT2D eigenvalue weighted by atomic mass is 9.81. The van der Waals surface area contributed by atoms with E-state index in [1.165, 1.54) is 0 Å². The molecule has 1 aromatic carbocycles. The number of carboxylic acid groups (broad SMARTS) is 1. The minimum atomic E-state index is -1.07. The van der Waals surface area contributed by atoms with Crippen molar-refractivity contribution in [3.05, 3.63) is 29.8 Å². The Balaban J connectivity index is 2.00. The van der Waals surface area contributed by atoms with Crippen molar-refractivity contribution in [1.29, 1.82) is 0 Å². The molecule has 0 heterocycles. The van der Waals surface area contributed by atoms with Crippen LogP contribution in [0.3, 0.4) is 0 Å². The number of carbonyl (C=O) groups excluding carboxylic acids is 2. The lowest BCUT2D eigenvalue weighted by molar-refractivity contribution is -0.144. The number of benzene rings is 1. The average molecular weight is 448 g/mol. The molecule has 2 atom stereocenters. The summed E-state index contributed by atoms with van der Waals surface area (Å²) in [6.45, 7) is 4.48. The second kappa shape index (κ2) is 12.0. The number of carboxylic acids is 1. The van der Waals surface area contributed by atoms with E-state index < -0.39 is 23.5 Å². The SMILES string of the molecule is COCCC1(C(=O)N[C@@H](Cc2ccc(NC(=O)[C@H](N)CC(C)C)cc2)C(=O)O)CCCC1. The molecule has 0 radical (unpaired) electrons. The van der Waals surface area contributed by atoms with Crippen molar-refractivity contribution in [2.24, 2.45) is 17.1 Å². The third-order valence-electron chi connectivity index (χ3n) is 6.15. The summed E-state index contributed by atoms with van der Waals surface area (Å²) >= 11 is 0. The fourth-order valence-corrected chi connectivity index (χ4v) is 4.26. The van der Waals surface area contributed by atoms with E-state index in [-0.39, 0.29) is 18.2 Å². The van der Waals surface area contributed by atoms with Gasteiger partial charge in [-0.25, -0.2) is 4.79 Å². The third-order valence-corrected chi connectivity index (χ3v) is 6.15. The largest absolute Gasteiger partial charge is 0.480 e. The molecule has 0 aromatic heterocycles. The van der Waals surface area contributed by atoms with Gasteiger partial charge in [-0.3, -0.25) is 9.59 Å². The number of methoxy groups -OCH3 is 1. The van der Waals surface area contributed by atoms with Gasteiger partial charge in [-0.1, -0.05) is 38.8 Å². The van der Waals surface area contributed by atoms with Gasteiger partial charge in [0.15, 0.2) is 0 Å². The van der Waals surface area contributed by atoms with Crippen molar-refractivity contribution in [2.75, 3.05) is 19.0 Å². The Hall–Kier alpha value is -2.45. The van der Waals surface area contributed by atoms with Crippen LogP contribution in [0.2, 0.25) is 0 Å². The molecule has 0 spiro atoms. The number of nitrogens with two attached hydrogens (primary N) is 1. The van der Waals surface area contributed by atoms with Crippen molar-refractivity contribution in [3.8, 4) is 0 Å². The average Bonchev–Trinajstić information content (AvgIpc) is 3.22. The lowest BCUT2D eigenvalue weighted by Gasteiger charge is -2.29. The molecule has 8 nitrogen and oxygen atoms in total. The molecule has 8 heteroatoms. The number of carbonyl (C=O) groups is 3. The molecule has 1 aromatic rings. The number of hydrogen-bond acceptors (Lipinski definition) is 5. The highest BCUT2D eigenvalue weighted by Gasteiger charge is 2.42. The van der Waals surface area contributed by atoms with Crippen LogP contribution in [0.15, 0.2) is 24.3 Å². The molecule has 1 aliphatic carbocycles. The molecule has 1 aliphatic rings. The van der Waals surface area contributed by atoms with Gasteiger partial charge >= 0.3 is 5.97 Å². The topological polar surface area (TPSA) is 131 Å². The van der Waals surface area contributed by atoms with Gasteiger partial charge in [-0.2, -0.15) is 0 Å². The second-order valence-corrected chi connectivity index (χ2v) is 9.22. The van der Waals surface area contributed by atoms with E-state index in [4.69, 9.17) is 10.5 Å². The molecule has 2 amide bonds. The highest BCUT2D eigenvalue weighted by atomic mass is 16.5. The van der Waals surface area contributed by atoms with Crippen LogP contribution in [0, 0.1) is 11.3 Å². The first kappa shape index (κ1) is 25.8. The maximum atomic E-state index is 13.0. The molecule has 0 unspecified atom stereocenters. The number of anilines is 1. The zero-order chi connectivity index (χ0) is 23.7. The summed E-state index contributed by atoms with van der Waals surface area (Å²) in [6.07, 6.45) is 4.77. The number of aliphatic carboxylic acids is 1. The molecule has 178 valence electrons. The lowest BCUT2D eigenvalue weighted by Crippen LogP contribution is -2.49. The molecule has 0 bridgehead atoms. The summed E-state index contributed by atoms with van der Waals surface area (Å²) < 4.78 is 5.17. The van der Waals surface area contributed by atoms with Gasteiger partial charge in [-0.05, 0) is 49.3 Å². The molecule has 1 fully saturated rings. The molecule has 0 aliphatic heterocycles. The Labute approximate surface area is 190 Å². The molecule has 1 saturated carbocycles. The first-order valence-corrected chi connectivity index (χ1v) is 11.3. The standard InChI is InChI=1S/C24H37N3O5/c1-16(2)14-19(25)21(28)26-18-8-6-17(7-9-18)15-20(22(29)30)27-23(31)24(12-13-32-3)10-4-5-11-24/h6-9,16,19-20H,4-5,10-15,25H2,1-3H3,(H,26,28)(H,27,31)(H,29,30)/t19-,20+/m1/s1. The molecule has 5 N–H and O–H groups in total. The first-order valence-electron chi connectivity index (χ1n) is 11.3. The molecule has 2 rings (SSSR count). The van der Waals surface area contributed by atoms with Crippen LogP contribution >= 0.6 is 0 Å². The number of ether oxygens (including phenoxy) is 1. The Morgan fingerprint density at radius 1 is 1.16 bits per heavy atom. The van der Waals surface area contributed by atoms with Crippen molar-refractivity contribution in [1.82, 2.24) is 5.32 Å². The van der Waals surface area contributed by atoms with Gasteiger partial charge in [0, 0.05) is 25.8 Å². The third kappa shape index (κ3) is 7.31. The summed E-state index contributed by atoms with van der Waals surface area (Å²) in [5, 5.41) is 15.2. The van der Waals surface area contributed by atoms with E-state index in [0.29, 0.717) is 31.1 Å².